The molecule has 0 bridgehead atoms. The molecule has 5 aromatic carbocycles. The number of sulfone groups is 1. The Labute approximate surface area is 680 Å². The first-order chi connectivity index (χ1) is 54.2. The maximum absolute atomic E-state index is 14.4. The van der Waals surface area contributed by atoms with Crippen LogP contribution in [0, 0.1) is 17.8 Å². The minimum absolute atomic E-state index is 0.0329. The summed E-state index contributed by atoms with van der Waals surface area (Å²) in [5.41, 5.74) is 2.30. The number of nitrogens with zero attached hydrogens (tertiary/aromatic N) is 9. The highest BCUT2D eigenvalue weighted by molar-refractivity contribution is 7.99. The largest absolute Gasteiger partial charge is 0.501 e. The lowest BCUT2D eigenvalue weighted by Gasteiger charge is -2.44. The number of allylic oxidation sites excluding steroid dienone is 1. The zero-order valence-corrected chi connectivity index (χ0v) is 69.5. The summed E-state index contributed by atoms with van der Waals surface area (Å²) in [6.07, 6.45) is 2.33. The molecule has 5 fully saturated rings. The number of thiazole rings is 1. The molecular formula is C82H105ClF3N13O11S4. The molecule has 6 aliphatic rings. The van der Waals surface area contributed by atoms with Gasteiger partial charge in [0.05, 0.1) is 65.1 Å². The number of likely N-dealkylation sites (tertiary alicyclic amines) is 1. The quantitative estimate of drug-likeness (QED) is 0.0286. The number of benzene rings is 5. The Kier molecular flexibility index (Phi) is 28.1. The number of alkyl halides is 3. The molecule has 1 unspecified atom stereocenters. The van der Waals surface area contributed by atoms with Crippen molar-refractivity contribution in [3.8, 4) is 10.4 Å². The van der Waals surface area contributed by atoms with E-state index in [9.17, 15) is 59.1 Å². The lowest BCUT2D eigenvalue weighted by Crippen LogP contribution is -2.59. The van der Waals surface area contributed by atoms with E-state index in [2.05, 4.69) is 64.5 Å². The van der Waals surface area contributed by atoms with E-state index in [1.54, 1.807) is 23.5 Å². The fraction of sp³-hybridized carbons (Fsp3) is 0.512. The number of sulfonamides is 1. The number of aliphatic hydroxyl groups excluding tert-OH is 1. The summed E-state index contributed by atoms with van der Waals surface area (Å²) in [5, 5.41) is 20.6. The van der Waals surface area contributed by atoms with E-state index in [1.165, 1.54) is 39.9 Å². The van der Waals surface area contributed by atoms with Crippen LogP contribution >= 0.6 is 34.7 Å². The number of morpholine rings is 1. The van der Waals surface area contributed by atoms with Gasteiger partial charge in [-0.25, -0.2) is 26.5 Å². The molecule has 5 aliphatic heterocycles. The molecule has 5 amide bonds. The number of rotatable bonds is 28. The number of hydrogen-bond acceptors (Lipinski definition) is 21. The SMILES string of the molecule is Cc1ncsc1-c1ccc([C@H](C)NC(=O)[C@@H]2C[C@@H](O)CN2C(=O)[C@@H](NC(=O)CN2CCN(CC(=O)N3CCN(CC4(C)CCC(c5ccc(Cl)cc5)=C(CN5CCN(c6ccc(C(=O)NS(=O)(=O)c7ccc(N[C@H](CCN8CCOCC8)CSc8ccccc8)c(S(=O)(=O)C(F)(F)F)c7)cc6)CC5)C4)CC3)CC2)C(C)(C)C)cc1. The van der Waals surface area contributed by atoms with E-state index >= 15 is 0 Å². The van der Waals surface area contributed by atoms with Gasteiger partial charge in [-0.05, 0) is 139 Å². The number of β-amino-alcohol motifs (C(OH)–C–C–N with tert-alkyl or cyclic N) is 1. The second-order valence-corrected chi connectivity index (χ2v) is 38.2. The number of thioether (sulfide) groups is 1. The minimum Gasteiger partial charge on any atom is -0.391 e. The van der Waals surface area contributed by atoms with Crippen LogP contribution in [0.4, 0.5) is 24.5 Å². The smallest absolute Gasteiger partial charge is 0.391 e. The Morgan fingerprint density at radius 1 is 0.754 bits per heavy atom. The van der Waals surface area contributed by atoms with Gasteiger partial charge in [0.25, 0.3) is 25.8 Å². The normalized spacial score (nSPS) is 21.1. The van der Waals surface area contributed by atoms with Crippen LogP contribution in [-0.2, 0) is 43.8 Å². The summed E-state index contributed by atoms with van der Waals surface area (Å²) in [4.78, 5) is 90.8. The summed E-state index contributed by atoms with van der Waals surface area (Å²) in [7, 11) is -11.0. The molecule has 24 nitrogen and oxygen atoms in total. The molecule has 6 atom stereocenters. The number of carbonyl (C=O) groups excluding carboxylic acids is 5. The van der Waals surface area contributed by atoms with Crippen molar-refractivity contribution in [2.24, 2.45) is 10.8 Å². The minimum atomic E-state index is -6.11. The van der Waals surface area contributed by atoms with Crippen molar-refractivity contribution in [3.63, 3.8) is 0 Å². The molecule has 0 radical (unpaired) electrons. The molecule has 5 saturated heterocycles. The number of ether oxygens (including phenoxy) is 1. The molecule has 6 heterocycles. The average Bonchev–Trinajstić information content (AvgIpc) is 0.957. The topological polar surface area (TPSA) is 270 Å². The van der Waals surface area contributed by atoms with Gasteiger partial charge in [0.1, 0.15) is 17.0 Å². The van der Waals surface area contributed by atoms with Crippen molar-refractivity contribution in [1.29, 1.82) is 0 Å². The van der Waals surface area contributed by atoms with Crippen LogP contribution in [0.2, 0.25) is 5.02 Å². The van der Waals surface area contributed by atoms with Crippen LogP contribution in [0.5, 0.6) is 0 Å². The molecule has 1 aliphatic carbocycles. The van der Waals surface area contributed by atoms with Crippen LogP contribution in [0.25, 0.3) is 16.0 Å². The zero-order valence-electron chi connectivity index (χ0n) is 65.5. The number of amides is 5. The van der Waals surface area contributed by atoms with Gasteiger partial charge in [-0.1, -0.05) is 99.5 Å². The van der Waals surface area contributed by atoms with Crippen molar-refractivity contribution < 1.29 is 63.8 Å². The number of aryl methyl sites for hydroxylation is 1. The van der Waals surface area contributed by atoms with Gasteiger partial charge in [-0.2, -0.15) is 13.2 Å². The second-order valence-electron chi connectivity index (χ2n) is 32.2. The van der Waals surface area contributed by atoms with E-state index in [1.807, 2.05) is 121 Å². The predicted octanol–water partition coefficient (Wildman–Crippen LogP) is 9.38. The number of nitrogens with one attached hydrogen (secondary N) is 4. The molecule has 616 valence electrons. The van der Waals surface area contributed by atoms with E-state index in [4.69, 9.17) is 16.3 Å². The van der Waals surface area contributed by atoms with Crippen molar-refractivity contribution >= 4 is 101 Å². The fourth-order valence-electron chi connectivity index (χ4n) is 16.0. The lowest BCUT2D eigenvalue weighted by atomic mass is 9.71. The molecule has 0 saturated carbocycles. The van der Waals surface area contributed by atoms with Crippen molar-refractivity contribution in [1.82, 2.24) is 54.6 Å². The van der Waals surface area contributed by atoms with E-state index in [0.717, 1.165) is 109 Å². The van der Waals surface area contributed by atoms with Crippen LogP contribution in [0.15, 0.2) is 147 Å². The molecule has 12 rings (SSSR count). The van der Waals surface area contributed by atoms with Crippen molar-refractivity contribution in [2.45, 2.75) is 124 Å². The third-order valence-electron chi connectivity index (χ3n) is 22.6. The van der Waals surface area contributed by atoms with Gasteiger partial charge < -0.3 is 40.5 Å². The molecule has 5 N–H and O–H groups in total. The van der Waals surface area contributed by atoms with Gasteiger partial charge >= 0.3 is 5.51 Å². The summed E-state index contributed by atoms with van der Waals surface area (Å²) in [5.74, 6) is -1.77. The summed E-state index contributed by atoms with van der Waals surface area (Å²) < 4.78 is 105. The van der Waals surface area contributed by atoms with E-state index < -0.39 is 82.3 Å². The molecule has 32 heteroatoms. The van der Waals surface area contributed by atoms with Gasteiger partial charge in [0.15, 0.2) is 0 Å². The third-order valence-corrected chi connectivity index (χ3v) is 27.9. The maximum Gasteiger partial charge on any atom is 0.501 e. The Balaban J connectivity index is 0.593. The molecule has 1 aromatic heterocycles. The van der Waals surface area contributed by atoms with E-state index in [-0.39, 0.29) is 60.8 Å². The average molecular weight is 1670 g/mol. The highest BCUT2D eigenvalue weighted by Gasteiger charge is 2.49. The number of aliphatic hydroxyl groups is 1. The lowest BCUT2D eigenvalue weighted by molar-refractivity contribution is -0.144. The Hall–Kier alpha value is -7.53. The van der Waals surface area contributed by atoms with Crippen LogP contribution in [0.1, 0.15) is 99.9 Å². The van der Waals surface area contributed by atoms with Crippen molar-refractivity contribution in [2.75, 3.05) is 160 Å². The summed E-state index contributed by atoms with van der Waals surface area (Å²) >= 11 is 9.41. The number of piperazine rings is 3. The first-order valence-corrected chi connectivity index (χ1v) is 44.3. The molecule has 114 heavy (non-hydrogen) atoms. The van der Waals surface area contributed by atoms with Gasteiger partial charge in [-0.3, -0.25) is 48.5 Å². The third kappa shape index (κ3) is 22.0. The molecule has 0 spiro atoms. The highest BCUT2D eigenvalue weighted by Crippen LogP contribution is 2.45. The Bertz CT molecular complexity index is 4610. The van der Waals surface area contributed by atoms with Crippen LogP contribution in [0.3, 0.4) is 0 Å². The summed E-state index contributed by atoms with van der Waals surface area (Å²) in [6.45, 7) is 24.4. The number of halogens is 4. The summed E-state index contributed by atoms with van der Waals surface area (Å²) in [6, 6.07) is 31.3. The second kappa shape index (κ2) is 37.4. The highest BCUT2D eigenvalue weighted by atomic mass is 35.5. The molecular weight excluding hydrogens is 1560 g/mol. The zero-order chi connectivity index (χ0) is 81.3. The van der Waals surface area contributed by atoms with Gasteiger partial charge in [0, 0.05) is 157 Å². The Morgan fingerprint density at radius 3 is 2.04 bits per heavy atom. The van der Waals surface area contributed by atoms with Gasteiger partial charge in [0.2, 0.25) is 23.6 Å². The van der Waals surface area contributed by atoms with Crippen molar-refractivity contribution in [3.05, 3.63) is 160 Å². The monoisotopic (exact) mass is 1670 g/mol. The maximum atomic E-state index is 14.4. The van der Waals surface area contributed by atoms with Gasteiger partial charge in [-0.15, -0.1) is 23.1 Å². The predicted molar refractivity (Wildman–Crippen MR) is 438 cm³/mol. The number of aromatic nitrogens is 1. The standard InChI is InChI=1S/C82H105ClF3N13O11S4/c1-56(58-12-14-60(15-13-58)75-57(2)87-55-112-75)88-78(104)71-46-66(100)50-99(71)79(105)76(80(3,4)5)90-73(101)51-94-30-32-95(33-31-94)52-74(102)98-40-36-96(37-41-98)54-81(6)28-26-69(59-16-20-63(83)21-17-59)62(48-81)49-93-34-38-97(39-35-93)65-22-18-61(19-23-65)77(103)91-114(108,109)68-24-25-70(72(47-68)113(106,107)82(84,85)86)89-64(27-29-92-42-44-110-45-43-92)53-111-67-10-8-7-9-11-67/h7-25,47,55-56,64,66,71,76,89,100H,26-46,48-54H2,1-6H3,(H,88,104)(H,90,101)(H,91,103)/t56-,64+,66+,71-,76+,81?/m0/s1. The molecule has 6 aromatic rings. The number of carbonyl (C=O) groups is 5. The van der Waals surface area contributed by atoms with Crippen LogP contribution < -0.4 is 25.6 Å². The first-order valence-electron chi connectivity index (χ1n) is 39.1. The van der Waals surface area contributed by atoms with Crippen LogP contribution in [-0.4, -0.2) is 270 Å². The fourth-order valence-corrected chi connectivity index (χ4v) is 20.0. The first kappa shape index (κ1) is 85.8. The number of anilines is 2. The van der Waals surface area contributed by atoms with E-state index in [0.29, 0.717) is 108 Å². The Morgan fingerprint density at radius 2 is 1.39 bits per heavy atom. The number of hydrogen-bond donors (Lipinski definition) is 5.